The Morgan fingerprint density at radius 1 is 1.30 bits per heavy atom. The molecule has 0 spiro atoms. The molecular weight excluding hydrogens is 293 g/mol. The number of hydrogen-bond donors (Lipinski definition) is 2. The van der Waals surface area contributed by atoms with E-state index in [4.69, 9.17) is 0 Å². The fourth-order valence-electron chi connectivity index (χ4n) is 2.03. The minimum atomic E-state index is -4.37. The second-order valence-electron chi connectivity index (χ2n) is 4.90. The van der Waals surface area contributed by atoms with Crippen LogP contribution in [-0.4, -0.2) is 33.0 Å². The second-order valence-corrected chi connectivity index (χ2v) is 7.16. The molecular formula is C12H15F3N2O2S. The van der Waals surface area contributed by atoms with Crippen molar-refractivity contribution in [2.24, 2.45) is 0 Å². The minimum Gasteiger partial charge on any atom is -0.381 e. The first kappa shape index (κ1) is 15.0. The van der Waals surface area contributed by atoms with Gasteiger partial charge in [-0.2, -0.15) is 13.2 Å². The maximum atomic E-state index is 12.6. The molecule has 4 nitrogen and oxygen atoms in total. The second kappa shape index (κ2) is 5.16. The van der Waals surface area contributed by atoms with Gasteiger partial charge in [-0.15, -0.1) is 0 Å². The van der Waals surface area contributed by atoms with Gasteiger partial charge in [0.25, 0.3) is 0 Å². The van der Waals surface area contributed by atoms with Gasteiger partial charge < -0.3 is 10.6 Å². The molecule has 112 valence electrons. The Morgan fingerprint density at radius 3 is 2.60 bits per heavy atom. The van der Waals surface area contributed by atoms with Gasteiger partial charge in [0.05, 0.1) is 22.7 Å². The monoisotopic (exact) mass is 308 g/mol. The van der Waals surface area contributed by atoms with Crippen molar-refractivity contribution >= 4 is 21.2 Å². The topological polar surface area (TPSA) is 58.2 Å². The average Bonchev–Trinajstić information content (AvgIpc) is 2.33. The van der Waals surface area contributed by atoms with E-state index >= 15 is 0 Å². The van der Waals surface area contributed by atoms with Crippen LogP contribution in [0.3, 0.4) is 0 Å². The average molecular weight is 308 g/mol. The lowest BCUT2D eigenvalue weighted by Gasteiger charge is -2.28. The standard InChI is InChI=1S/C12H15F3N2O2S/c1-20(18,19)5-4-9-7-16-11-6-8(12(13,14)15)2-3-10(11)17-9/h2-3,6,9,16-17H,4-5,7H2,1H3. The van der Waals surface area contributed by atoms with Gasteiger partial charge in [0.2, 0.25) is 0 Å². The zero-order chi connectivity index (χ0) is 15.0. The highest BCUT2D eigenvalue weighted by Crippen LogP contribution is 2.35. The summed E-state index contributed by atoms with van der Waals surface area (Å²) in [7, 11) is -3.04. The summed E-state index contributed by atoms with van der Waals surface area (Å²) < 4.78 is 59.9. The molecule has 0 saturated heterocycles. The predicted octanol–water partition coefficient (Wildman–Crippen LogP) is 2.35. The molecule has 0 amide bonds. The highest BCUT2D eigenvalue weighted by molar-refractivity contribution is 7.90. The molecule has 2 rings (SSSR count). The number of anilines is 2. The van der Waals surface area contributed by atoms with E-state index in [1.165, 1.54) is 6.07 Å². The lowest BCUT2D eigenvalue weighted by Crippen LogP contribution is -2.34. The van der Waals surface area contributed by atoms with Crippen molar-refractivity contribution in [2.45, 2.75) is 18.6 Å². The Morgan fingerprint density at radius 2 is 2.00 bits per heavy atom. The van der Waals surface area contributed by atoms with Crippen molar-refractivity contribution in [3.05, 3.63) is 23.8 Å². The largest absolute Gasteiger partial charge is 0.416 e. The summed E-state index contributed by atoms with van der Waals surface area (Å²) in [5.41, 5.74) is 0.235. The summed E-state index contributed by atoms with van der Waals surface area (Å²) in [6, 6.07) is 3.30. The number of fused-ring (bicyclic) bond motifs is 1. The summed E-state index contributed by atoms with van der Waals surface area (Å²) >= 11 is 0. The quantitative estimate of drug-likeness (QED) is 0.900. The van der Waals surface area contributed by atoms with Crippen LogP contribution in [0.25, 0.3) is 0 Å². The molecule has 1 aliphatic rings. The Balaban J connectivity index is 2.08. The van der Waals surface area contributed by atoms with E-state index in [0.29, 0.717) is 24.3 Å². The van der Waals surface area contributed by atoms with E-state index in [1.807, 2.05) is 0 Å². The summed E-state index contributed by atoms with van der Waals surface area (Å²) in [5.74, 6) is 0.0440. The molecule has 8 heteroatoms. The van der Waals surface area contributed by atoms with Crippen LogP contribution in [0, 0.1) is 0 Å². The summed E-state index contributed by atoms with van der Waals surface area (Å²) in [5, 5.41) is 5.96. The van der Waals surface area contributed by atoms with E-state index in [1.54, 1.807) is 0 Å². The van der Waals surface area contributed by atoms with Gasteiger partial charge in [0.15, 0.2) is 0 Å². The lowest BCUT2D eigenvalue weighted by atomic mass is 10.1. The third-order valence-electron chi connectivity index (χ3n) is 3.08. The van der Waals surface area contributed by atoms with Crippen molar-refractivity contribution in [3.8, 4) is 0 Å². The Bertz CT molecular complexity index is 599. The first-order valence-electron chi connectivity index (χ1n) is 6.04. The van der Waals surface area contributed by atoms with E-state index in [-0.39, 0.29) is 11.8 Å². The first-order valence-corrected chi connectivity index (χ1v) is 8.10. The molecule has 0 aromatic heterocycles. The molecule has 1 aliphatic heterocycles. The van der Waals surface area contributed by atoms with Crippen LogP contribution in [0.2, 0.25) is 0 Å². The summed E-state index contributed by atoms with van der Waals surface area (Å²) in [6.45, 7) is 0.393. The Labute approximate surface area is 115 Å². The van der Waals surface area contributed by atoms with Crippen molar-refractivity contribution in [1.29, 1.82) is 0 Å². The number of benzene rings is 1. The zero-order valence-corrected chi connectivity index (χ0v) is 11.6. The van der Waals surface area contributed by atoms with Gasteiger partial charge in [0, 0.05) is 18.8 Å². The van der Waals surface area contributed by atoms with Crippen molar-refractivity contribution < 1.29 is 21.6 Å². The van der Waals surface area contributed by atoms with Crippen molar-refractivity contribution in [1.82, 2.24) is 0 Å². The third-order valence-corrected chi connectivity index (χ3v) is 4.06. The normalized spacial score (nSPS) is 18.9. The molecule has 0 fully saturated rings. The van der Waals surface area contributed by atoms with Crippen LogP contribution >= 0.6 is 0 Å². The van der Waals surface area contributed by atoms with Gasteiger partial charge in [-0.25, -0.2) is 8.42 Å². The van der Waals surface area contributed by atoms with Gasteiger partial charge in [-0.1, -0.05) is 0 Å². The maximum Gasteiger partial charge on any atom is 0.416 e. The molecule has 1 unspecified atom stereocenters. The van der Waals surface area contributed by atoms with E-state index in [9.17, 15) is 21.6 Å². The fourth-order valence-corrected chi connectivity index (χ4v) is 2.74. The smallest absolute Gasteiger partial charge is 0.381 e. The molecule has 1 atom stereocenters. The number of halogens is 3. The SMILES string of the molecule is CS(=O)(=O)CCC1CNc2cc(C(F)(F)F)ccc2N1. The van der Waals surface area contributed by atoms with Gasteiger partial charge in [-0.05, 0) is 24.6 Å². The van der Waals surface area contributed by atoms with Crippen LogP contribution in [-0.2, 0) is 16.0 Å². The van der Waals surface area contributed by atoms with E-state index in [2.05, 4.69) is 10.6 Å². The van der Waals surface area contributed by atoms with Gasteiger partial charge in [0.1, 0.15) is 9.84 Å². The van der Waals surface area contributed by atoms with E-state index in [0.717, 1.165) is 18.4 Å². The molecule has 1 aromatic carbocycles. The van der Waals surface area contributed by atoms with Crippen molar-refractivity contribution in [3.63, 3.8) is 0 Å². The highest BCUT2D eigenvalue weighted by Gasteiger charge is 2.31. The molecule has 0 radical (unpaired) electrons. The Kier molecular flexibility index (Phi) is 3.86. The molecule has 20 heavy (non-hydrogen) atoms. The number of nitrogens with one attached hydrogen (secondary N) is 2. The third kappa shape index (κ3) is 3.78. The fraction of sp³-hybridized carbons (Fsp3) is 0.500. The molecule has 1 aromatic rings. The molecule has 0 saturated carbocycles. The van der Waals surface area contributed by atoms with E-state index < -0.39 is 21.6 Å². The number of alkyl halides is 3. The lowest BCUT2D eigenvalue weighted by molar-refractivity contribution is -0.137. The summed E-state index contributed by atoms with van der Waals surface area (Å²) in [4.78, 5) is 0. The number of hydrogen-bond acceptors (Lipinski definition) is 4. The predicted molar refractivity (Wildman–Crippen MR) is 71.7 cm³/mol. The first-order chi connectivity index (χ1) is 9.15. The van der Waals surface area contributed by atoms with Crippen molar-refractivity contribution in [2.75, 3.05) is 29.2 Å². The minimum absolute atomic E-state index is 0.0440. The van der Waals surface area contributed by atoms with Crippen LogP contribution in [0.5, 0.6) is 0 Å². The van der Waals surface area contributed by atoms with Gasteiger partial charge in [-0.3, -0.25) is 0 Å². The molecule has 1 heterocycles. The van der Waals surface area contributed by atoms with Crippen LogP contribution < -0.4 is 10.6 Å². The van der Waals surface area contributed by atoms with Crippen LogP contribution in [0.15, 0.2) is 18.2 Å². The number of sulfone groups is 1. The molecule has 0 aliphatic carbocycles. The van der Waals surface area contributed by atoms with Crippen LogP contribution in [0.1, 0.15) is 12.0 Å². The van der Waals surface area contributed by atoms with Gasteiger partial charge >= 0.3 is 6.18 Å². The Hall–Kier alpha value is -1.44. The highest BCUT2D eigenvalue weighted by atomic mass is 32.2. The van der Waals surface area contributed by atoms with Crippen LogP contribution in [0.4, 0.5) is 24.5 Å². The zero-order valence-electron chi connectivity index (χ0n) is 10.8. The summed E-state index contributed by atoms with van der Waals surface area (Å²) in [6.07, 6.45) is -2.80. The molecule has 0 bridgehead atoms. The number of rotatable bonds is 3. The maximum absolute atomic E-state index is 12.6. The molecule has 2 N–H and O–H groups in total.